The fraction of sp³-hybridized carbons (Fsp3) is 0.520. The third kappa shape index (κ3) is 8.11. The molecule has 1 aliphatic rings. The number of unbranched alkanes of at least 4 members (excludes halogenated alkanes) is 8. The van der Waals surface area contributed by atoms with E-state index in [0.29, 0.717) is 12.2 Å². The number of nitrogens with one attached hydrogen (secondary N) is 1. The van der Waals surface area contributed by atoms with E-state index in [-0.39, 0.29) is 62.4 Å². The van der Waals surface area contributed by atoms with Crippen LogP contribution in [0, 0.1) is 0 Å². The molecule has 2 aromatic carbocycles. The molecule has 0 saturated carbocycles. The predicted molar refractivity (Wildman–Crippen MR) is 126 cm³/mol. The minimum atomic E-state index is -4.53. The average molecular weight is 483 g/mol. The van der Waals surface area contributed by atoms with Crippen LogP contribution in [0.15, 0.2) is 53.4 Å². The molecule has 1 unspecified atom stereocenters. The molecule has 2 aromatic rings. The molecule has 0 saturated heterocycles. The number of hydrogen-bond acceptors (Lipinski definition) is 5. The third-order valence-corrected chi connectivity index (χ3v) is 6.93. The first kappa shape index (κ1) is 27.8. The first-order chi connectivity index (χ1) is 15.0. The van der Waals surface area contributed by atoms with Crippen LogP contribution >= 0.6 is 0 Å². The molecule has 1 N–H and O–H groups in total. The topological polar surface area (TPSA) is 72.5 Å². The summed E-state index contributed by atoms with van der Waals surface area (Å²) in [6.45, 7) is 2.91. The zero-order valence-corrected chi connectivity index (χ0v) is 23.5. The van der Waals surface area contributed by atoms with Gasteiger partial charge in [-0.3, -0.25) is 0 Å². The molecule has 0 amide bonds. The summed E-state index contributed by atoms with van der Waals surface area (Å²) in [6, 6.07) is 15.1. The van der Waals surface area contributed by atoms with E-state index < -0.39 is 10.1 Å². The maximum Gasteiger partial charge on any atom is 1.00 e. The van der Waals surface area contributed by atoms with Crippen LogP contribution in [0.3, 0.4) is 0 Å². The summed E-state index contributed by atoms with van der Waals surface area (Å²) in [5, 5.41) is 3.35. The van der Waals surface area contributed by atoms with E-state index in [9.17, 15) is 13.0 Å². The molecular weight excluding hydrogens is 447 g/mol. The molecule has 0 aliphatic carbocycles. The number of anilines is 2. The summed E-state index contributed by atoms with van der Waals surface area (Å²) in [5.74, 6) is 0. The van der Waals surface area contributed by atoms with E-state index in [1.165, 1.54) is 57.4 Å². The van der Waals surface area contributed by atoms with E-state index in [1.807, 2.05) is 24.3 Å². The van der Waals surface area contributed by atoms with Crippen LogP contribution in [0.5, 0.6) is 0 Å². The Hall–Kier alpha value is -0.414. The largest absolute Gasteiger partial charge is 1.00 e. The summed E-state index contributed by atoms with van der Waals surface area (Å²) in [4.78, 5) is 2.04. The molecule has 5 nitrogen and oxygen atoms in total. The Bertz CT molecular complexity index is 922. The number of para-hydroxylation sites is 1. The molecule has 32 heavy (non-hydrogen) atoms. The van der Waals surface area contributed by atoms with Gasteiger partial charge in [0, 0.05) is 6.54 Å². The second-order valence-corrected chi connectivity index (χ2v) is 9.84. The van der Waals surface area contributed by atoms with Crippen LogP contribution in [0.25, 0.3) is 0 Å². The molecule has 7 heteroatoms. The zero-order valence-electron chi connectivity index (χ0n) is 19.6. The zero-order chi connectivity index (χ0) is 22.1. The third-order valence-electron chi connectivity index (χ3n) is 6.05. The van der Waals surface area contributed by atoms with Gasteiger partial charge in [-0.05, 0) is 30.5 Å². The Labute approximate surface area is 236 Å². The van der Waals surface area contributed by atoms with Gasteiger partial charge in [0.05, 0.1) is 22.4 Å². The van der Waals surface area contributed by atoms with Crippen LogP contribution in [0.2, 0.25) is 0 Å². The molecule has 0 bridgehead atoms. The first-order valence-corrected chi connectivity index (χ1v) is 13.1. The molecule has 0 radical (unpaired) electrons. The van der Waals surface area contributed by atoms with Crippen molar-refractivity contribution in [2.24, 2.45) is 0 Å². The van der Waals surface area contributed by atoms with Gasteiger partial charge in [-0.1, -0.05) is 94.7 Å². The molecule has 1 aliphatic heterocycles. The van der Waals surface area contributed by atoms with Gasteiger partial charge in [0.1, 0.15) is 10.1 Å². The van der Waals surface area contributed by atoms with E-state index in [4.69, 9.17) is 0 Å². The summed E-state index contributed by atoms with van der Waals surface area (Å²) >= 11 is 0. The molecule has 0 aromatic heterocycles. The van der Waals surface area contributed by atoms with Crippen LogP contribution in [-0.4, -0.2) is 19.1 Å². The van der Waals surface area contributed by atoms with Gasteiger partial charge in [0.15, 0.2) is 0 Å². The van der Waals surface area contributed by atoms with Crippen molar-refractivity contribution < 1.29 is 64.4 Å². The van der Waals surface area contributed by atoms with Gasteiger partial charge in [-0.2, -0.15) is 0 Å². The van der Waals surface area contributed by atoms with Gasteiger partial charge in [0.25, 0.3) is 0 Å². The van der Waals surface area contributed by atoms with Crippen molar-refractivity contribution in [2.75, 3.05) is 10.2 Å². The van der Waals surface area contributed by atoms with Crippen LogP contribution in [0.1, 0.15) is 76.7 Å². The fourth-order valence-electron chi connectivity index (χ4n) is 4.38. The normalized spacial score (nSPS) is 15.2. The maximum absolute atomic E-state index is 11.8. The summed E-state index contributed by atoms with van der Waals surface area (Å²) in [6.07, 6.45) is 12.3. The van der Waals surface area contributed by atoms with Crippen LogP contribution in [-0.2, 0) is 16.7 Å². The first-order valence-electron chi connectivity index (χ1n) is 11.7. The average Bonchev–Trinajstić information content (AvgIpc) is 3.10. The minimum Gasteiger partial charge on any atom is -0.744 e. The van der Waals surface area contributed by atoms with Crippen molar-refractivity contribution in [3.63, 3.8) is 0 Å². The number of hydrogen-bond donors (Lipinski definition) is 1. The number of rotatable bonds is 13. The van der Waals surface area contributed by atoms with Crippen molar-refractivity contribution in [2.45, 2.75) is 88.7 Å². The van der Waals surface area contributed by atoms with Crippen LogP contribution in [0.4, 0.5) is 11.4 Å². The van der Waals surface area contributed by atoms with E-state index >= 15 is 0 Å². The number of benzene rings is 2. The molecule has 0 spiro atoms. The van der Waals surface area contributed by atoms with Gasteiger partial charge in [-0.25, -0.2) is 8.42 Å². The van der Waals surface area contributed by atoms with Gasteiger partial charge < -0.3 is 14.8 Å². The van der Waals surface area contributed by atoms with Gasteiger partial charge in [0.2, 0.25) is 0 Å². The standard InChI is InChI=1S/C25H36N2O3S.K/c1-2-3-4-5-6-7-8-9-13-19-24-26-25-22(17-14-18-23(25)31(28,29)30)27(24)20-21-15-11-10-12-16-21;/h10-12,14-18,24,26H,2-9,13,19-20H2,1H3,(H,28,29,30);/q;+1/p-1. The molecule has 1 atom stereocenters. The van der Waals surface area contributed by atoms with Crippen molar-refractivity contribution in [3.8, 4) is 0 Å². The predicted octanol–water partition coefficient (Wildman–Crippen LogP) is 3.27. The second kappa shape index (κ2) is 14.1. The monoisotopic (exact) mass is 482 g/mol. The van der Waals surface area contributed by atoms with Crippen LogP contribution < -0.4 is 61.6 Å². The summed E-state index contributed by atoms with van der Waals surface area (Å²) in [7, 11) is -4.53. The van der Waals surface area contributed by atoms with E-state index in [0.717, 1.165) is 24.1 Å². The Morgan fingerprint density at radius 2 is 1.50 bits per heavy atom. The molecule has 0 fully saturated rings. The van der Waals surface area contributed by atoms with Crippen molar-refractivity contribution in [1.29, 1.82) is 0 Å². The second-order valence-electron chi connectivity index (χ2n) is 8.50. The molecular formula is C25H35KN2O3S. The van der Waals surface area contributed by atoms with Crippen molar-refractivity contribution in [3.05, 3.63) is 54.1 Å². The Kier molecular flexibility index (Phi) is 12.3. The summed E-state index contributed by atoms with van der Waals surface area (Å²) < 4.78 is 35.3. The molecule has 170 valence electrons. The minimum absolute atomic E-state index is 0. The number of nitrogens with zero attached hydrogens (tertiary/aromatic N) is 1. The quantitative estimate of drug-likeness (QED) is 0.269. The van der Waals surface area contributed by atoms with Gasteiger partial charge in [-0.15, -0.1) is 0 Å². The molecule has 1 heterocycles. The van der Waals surface area contributed by atoms with Gasteiger partial charge >= 0.3 is 51.4 Å². The Morgan fingerprint density at radius 1 is 0.875 bits per heavy atom. The van der Waals surface area contributed by atoms with E-state index in [1.54, 1.807) is 6.07 Å². The maximum atomic E-state index is 11.8. The fourth-order valence-corrected chi connectivity index (χ4v) is 5.04. The molecule has 3 rings (SSSR count). The number of fused-ring (bicyclic) bond motifs is 1. The Morgan fingerprint density at radius 3 is 2.12 bits per heavy atom. The van der Waals surface area contributed by atoms with Crippen molar-refractivity contribution in [1.82, 2.24) is 0 Å². The SMILES string of the molecule is CCCCCCCCCCCC1Nc2c(cccc2S(=O)(=O)[O-])N1Cc1ccccc1.[K+]. The summed E-state index contributed by atoms with van der Waals surface area (Å²) in [5.41, 5.74) is 2.40. The van der Waals surface area contributed by atoms with E-state index in [2.05, 4.69) is 29.3 Å². The Balaban J connectivity index is 0.00000363. The smallest absolute Gasteiger partial charge is 0.744 e. The van der Waals surface area contributed by atoms with Crippen molar-refractivity contribution >= 4 is 21.5 Å².